The van der Waals surface area contributed by atoms with Crippen molar-refractivity contribution in [2.45, 2.75) is 158 Å². The van der Waals surface area contributed by atoms with E-state index in [9.17, 15) is 9.59 Å². The van der Waals surface area contributed by atoms with Gasteiger partial charge in [0.2, 0.25) is 17.9 Å². The summed E-state index contributed by atoms with van der Waals surface area (Å²) < 4.78 is 18.8. The molecule has 3 spiro atoms. The van der Waals surface area contributed by atoms with Gasteiger partial charge in [-0.1, -0.05) is 56.8 Å². The number of hydrogen-bond donors (Lipinski definition) is 3. The second kappa shape index (κ2) is 18.4. The second-order valence-electron chi connectivity index (χ2n) is 24.2. The molecule has 79 heavy (non-hydrogen) atoms. The van der Waals surface area contributed by atoms with Gasteiger partial charge in [0.05, 0.1) is 34.4 Å². The van der Waals surface area contributed by atoms with E-state index in [1.807, 2.05) is 36.4 Å². The number of fused-ring (bicyclic) bond motifs is 9. The number of rotatable bonds is 6. The number of benzene rings is 3. The highest BCUT2D eigenvalue weighted by Gasteiger charge is 2.56. The Morgan fingerprint density at radius 1 is 0.570 bits per heavy atom. The molecule has 3 aliphatic heterocycles. The van der Waals surface area contributed by atoms with Crippen LogP contribution in [-0.2, 0) is 14.4 Å². The third-order valence-corrected chi connectivity index (χ3v) is 19.5. The molecule has 0 saturated heterocycles. The van der Waals surface area contributed by atoms with Gasteiger partial charge in [-0.3, -0.25) is 30.3 Å². The first-order valence-corrected chi connectivity index (χ1v) is 29.0. The Balaban J connectivity index is 0.661. The third kappa shape index (κ3) is 8.31. The first-order chi connectivity index (χ1) is 38.4. The molecule has 9 unspecified atom stereocenters. The summed E-state index contributed by atoms with van der Waals surface area (Å²) in [6.07, 6.45) is 14.3. The van der Waals surface area contributed by atoms with Crippen LogP contribution in [0.3, 0.4) is 0 Å². The van der Waals surface area contributed by atoms with Crippen molar-refractivity contribution in [1.82, 2.24) is 15.0 Å². The highest BCUT2D eigenvalue weighted by atomic mass is 35.5. The summed E-state index contributed by atoms with van der Waals surface area (Å²) in [5.74, 6) is 1.19. The van der Waals surface area contributed by atoms with Crippen LogP contribution in [0.2, 0.25) is 5.02 Å². The van der Waals surface area contributed by atoms with E-state index in [2.05, 4.69) is 34.8 Å². The van der Waals surface area contributed by atoms with Gasteiger partial charge >= 0.3 is 18.0 Å². The van der Waals surface area contributed by atoms with E-state index in [1.54, 1.807) is 18.2 Å². The molecule has 6 heterocycles. The van der Waals surface area contributed by atoms with Gasteiger partial charge in [0.15, 0.2) is 22.5 Å². The predicted octanol–water partition coefficient (Wildman–Crippen LogP) is 12.1. The molecular formula is C60H61ClN12O6. The van der Waals surface area contributed by atoms with E-state index >= 15 is 4.79 Å². The van der Waals surface area contributed by atoms with Crippen molar-refractivity contribution in [3.8, 4) is 0 Å². The van der Waals surface area contributed by atoms with Gasteiger partial charge in [0.1, 0.15) is 28.1 Å². The Bertz CT molecular complexity index is 3780. The van der Waals surface area contributed by atoms with Crippen molar-refractivity contribution in [3.63, 3.8) is 0 Å². The molecule has 3 N–H and O–H groups in total. The molecule has 6 aromatic rings. The average Bonchev–Trinajstić information content (AvgIpc) is 4.34. The number of carbonyl (C=O) groups excluding carboxylic acids is 3. The Hall–Kier alpha value is -7.21. The zero-order valence-electron chi connectivity index (χ0n) is 44.3. The number of guanidine groups is 3. The van der Waals surface area contributed by atoms with Crippen molar-refractivity contribution in [2.75, 3.05) is 16.0 Å². The van der Waals surface area contributed by atoms with Crippen LogP contribution in [0, 0.1) is 29.6 Å². The van der Waals surface area contributed by atoms with Crippen LogP contribution in [0.15, 0.2) is 97.8 Å². The number of aromatic nitrogens is 3. The predicted molar refractivity (Wildman–Crippen MR) is 303 cm³/mol. The first kappa shape index (κ1) is 48.9. The molecule has 15 rings (SSSR count). The Morgan fingerprint density at radius 3 is 1.86 bits per heavy atom. The minimum atomic E-state index is -0.650. The maximum absolute atomic E-state index is 15.1. The highest BCUT2D eigenvalue weighted by Crippen LogP contribution is 2.52. The summed E-state index contributed by atoms with van der Waals surface area (Å²) >= 11 is 6.23. The second-order valence-corrected chi connectivity index (χ2v) is 24.6. The van der Waals surface area contributed by atoms with Gasteiger partial charge in [0.25, 0.3) is 0 Å². The molecular weight excluding hydrogens is 1020 g/mol. The van der Waals surface area contributed by atoms with E-state index in [0.29, 0.717) is 100 Å². The average molecular weight is 1080 g/mol. The molecule has 9 atom stereocenters. The van der Waals surface area contributed by atoms with Crippen LogP contribution < -0.4 is 16.0 Å². The molecule has 404 valence electrons. The molecule has 0 bridgehead atoms. The van der Waals surface area contributed by atoms with Gasteiger partial charge in [-0.25, -0.2) is 30.0 Å². The first-order valence-electron chi connectivity index (χ1n) is 28.7. The SMILES string of the molecule is CCC1CCC2(C1)N=C(Nc1nc3ccc(C4CC(=O)C5C(=NC(Nc6nc7cc(Cl)ccc7o6)=NC56CCCC6)C4)cc3o1)N=C1CCC(c3ccc4nc(NC5=NC6(CCC(C)C6)C6C(=O)CCCC6=N5)oc4c3)C(=O)C12. The largest absolute Gasteiger partial charge is 0.423 e. The van der Waals surface area contributed by atoms with Crippen LogP contribution in [0.25, 0.3) is 33.3 Å². The number of hydrogen-bond acceptors (Lipinski definition) is 18. The smallest absolute Gasteiger partial charge is 0.302 e. The quantitative estimate of drug-likeness (QED) is 0.141. The van der Waals surface area contributed by atoms with Crippen LogP contribution >= 0.6 is 11.6 Å². The number of Topliss-reactive ketones (excluding diaryl/α,β-unsaturated/α-hetero) is 3. The van der Waals surface area contributed by atoms with Gasteiger partial charge < -0.3 is 13.3 Å². The maximum Gasteiger partial charge on any atom is 0.302 e. The fraction of sp³-hybridized carbons (Fsp3) is 0.500. The maximum atomic E-state index is 15.1. The van der Waals surface area contributed by atoms with Crippen molar-refractivity contribution < 1.29 is 27.6 Å². The van der Waals surface area contributed by atoms with Crippen LogP contribution in [-0.4, -0.2) is 83.9 Å². The van der Waals surface area contributed by atoms with Gasteiger partial charge in [-0.15, -0.1) is 0 Å². The third-order valence-electron chi connectivity index (χ3n) is 19.2. The zero-order valence-corrected chi connectivity index (χ0v) is 45.1. The fourth-order valence-corrected chi connectivity index (χ4v) is 15.8. The molecule has 6 saturated carbocycles. The summed E-state index contributed by atoms with van der Waals surface area (Å²) in [5.41, 5.74) is 6.51. The van der Waals surface area contributed by atoms with Crippen molar-refractivity contribution in [1.29, 1.82) is 0 Å². The lowest BCUT2D eigenvalue weighted by Gasteiger charge is -2.42. The van der Waals surface area contributed by atoms with Crippen molar-refractivity contribution >= 4 is 115 Å². The summed E-state index contributed by atoms with van der Waals surface area (Å²) in [6.45, 7) is 4.45. The molecule has 9 aliphatic rings. The Kier molecular flexibility index (Phi) is 11.4. The van der Waals surface area contributed by atoms with Crippen LogP contribution in [0.1, 0.15) is 152 Å². The number of carbonyl (C=O) groups is 3. The minimum Gasteiger partial charge on any atom is -0.423 e. The molecule has 0 radical (unpaired) electrons. The summed E-state index contributed by atoms with van der Waals surface area (Å²) in [4.78, 5) is 87.4. The number of aliphatic imine (C=N–C) groups is 6. The topological polar surface area (TPSA) is 240 Å². The van der Waals surface area contributed by atoms with E-state index in [4.69, 9.17) is 64.8 Å². The van der Waals surface area contributed by atoms with E-state index in [-0.39, 0.29) is 59.1 Å². The molecule has 0 amide bonds. The number of halogens is 1. The lowest BCUT2D eigenvalue weighted by atomic mass is 9.66. The summed E-state index contributed by atoms with van der Waals surface area (Å²) in [6, 6.07) is 18.0. The standard InChI is InChI=1S/C60H61ClN12O6/c1-3-31-18-22-60(29-31)50-40(15-12-36(51(50)76)33-10-14-38-47(26-33)79-56(66-38)68-52-62-39-7-6-8-43(74)48(39)59(72-52)21-17-30(2)28-59)63-53(73-60)69-55-65-37-13-9-32(25-46(37)78-55)34-23-42-49(44(75)24-34)58(19-4-5-20-58)71-54(64-42)70-57-67-41-27-35(61)11-16-45(41)77-57/h9-11,13-14,16,25-27,30-31,34,36,48-50H,3-8,12,15,17-24,28-29H2,1-2H3,(H,65,69,73)(H,66,68,72)(H,67,70,71). The molecule has 3 aromatic carbocycles. The van der Waals surface area contributed by atoms with Crippen LogP contribution in [0.4, 0.5) is 18.0 Å². The summed E-state index contributed by atoms with van der Waals surface area (Å²) in [5, 5.41) is 10.4. The number of ketones is 3. The van der Waals surface area contributed by atoms with Crippen molar-refractivity contribution in [2.24, 2.45) is 59.5 Å². The Labute approximate surface area is 460 Å². The van der Waals surface area contributed by atoms with Crippen molar-refractivity contribution in [3.05, 3.63) is 70.7 Å². The number of oxazole rings is 3. The zero-order chi connectivity index (χ0) is 53.4. The number of nitrogens with one attached hydrogen (secondary N) is 3. The monoisotopic (exact) mass is 1080 g/mol. The fourth-order valence-electron chi connectivity index (χ4n) is 15.7. The van der Waals surface area contributed by atoms with E-state index in [1.165, 1.54) is 0 Å². The van der Waals surface area contributed by atoms with Gasteiger partial charge in [-0.05, 0) is 155 Å². The molecule has 3 aromatic heterocycles. The molecule has 6 fully saturated rings. The van der Waals surface area contributed by atoms with Crippen LogP contribution in [0.5, 0.6) is 0 Å². The molecule has 6 aliphatic carbocycles. The lowest BCUT2D eigenvalue weighted by molar-refractivity contribution is -0.125. The normalized spacial score (nSPS) is 31.0. The lowest BCUT2D eigenvalue weighted by Crippen LogP contribution is -2.51. The van der Waals surface area contributed by atoms with E-state index < -0.39 is 22.5 Å². The number of nitrogens with zero attached hydrogens (tertiary/aromatic N) is 9. The molecule has 18 nitrogen and oxygen atoms in total. The highest BCUT2D eigenvalue weighted by molar-refractivity contribution is 6.31. The Morgan fingerprint density at radius 2 is 1.18 bits per heavy atom. The minimum absolute atomic E-state index is 0.123. The molecule has 19 heteroatoms. The summed E-state index contributed by atoms with van der Waals surface area (Å²) in [7, 11) is 0. The van der Waals surface area contributed by atoms with Gasteiger partial charge in [-0.2, -0.15) is 15.0 Å². The number of anilines is 3. The van der Waals surface area contributed by atoms with Gasteiger partial charge in [0, 0.05) is 40.9 Å². The van der Waals surface area contributed by atoms with E-state index in [0.717, 1.165) is 112 Å².